The molecule has 1 aliphatic heterocycles. The molecule has 7 heteroatoms. The molecule has 1 amide bonds. The number of aryl methyl sites for hydroxylation is 1. The molecule has 1 aromatic heterocycles. The number of halogens is 1. The lowest BCUT2D eigenvalue weighted by Gasteiger charge is -2.18. The van der Waals surface area contributed by atoms with E-state index >= 15 is 0 Å². The Morgan fingerprint density at radius 2 is 1.82 bits per heavy atom. The number of fused-ring (bicyclic) bond motifs is 1. The molecule has 0 bridgehead atoms. The normalized spacial score (nSPS) is 14.7. The zero-order valence-corrected chi connectivity index (χ0v) is 20.4. The van der Waals surface area contributed by atoms with Crippen molar-refractivity contribution in [2.75, 3.05) is 19.1 Å². The van der Waals surface area contributed by atoms with Crippen LogP contribution >= 0.6 is 22.9 Å². The van der Waals surface area contributed by atoms with E-state index in [0.717, 1.165) is 31.8 Å². The fraction of sp³-hybridized carbons (Fsp3) is 0.111. The summed E-state index contributed by atoms with van der Waals surface area (Å²) in [6.45, 7) is 1.99. The molecule has 0 saturated carbocycles. The van der Waals surface area contributed by atoms with Crippen LogP contribution < -0.4 is 14.4 Å². The number of methoxy groups -OCH3 is 2. The van der Waals surface area contributed by atoms with E-state index in [0.29, 0.717) is 28.1 Å². The van der Waals surface area contributed by atoms with E-state index in [2.05, 4.69) is 0 Å². The molecule has 5 nitrogen and oxygen atoms in total. The van der Waals surface area contributed by atoms with Gasteiger partial charge in [0.25, 0.3) is 5.91 Å². The summed E-state index contributed by atoms with van der Waals surface area (Å²) in [5.41, 5.74) is 2.81. The molecule has 5 rings (SSSR count). The Labute approximate surface area is 206 Å². The Morgan fingerprint density at radius 1 is 1.00 bits per heavy atom. The maximum Gasteiger partial charge on any atom is 0.282 e. The van der Waals surface area contributed by atoms with Gasteiger partial charge in [0, 0.05) is 21.7 Å². The van der Waals surface area contributed by atoms with E-state index in [9.17, 15) is 4.79 Å². The van der Waals surface area contributed by atoms with Crippen LogP contribution in [0.25, 0.3) is 16.2 Å². The van der Waals surface area contributed by atoms with Crippen molar-refractivity contribution < 1.29 is 14.3 Å². The SMILES string of the molecule is COc1ccc(/C=C2/N=C(c3sc4ccccc4c3Cl)N(c3cccc(C)c3)C2=O)c(OC)c1. The first kappa shape index (κ1) is 22.2. The van der Waals surface area contributed by atoms with Crippen LogP contribution in [0.15, 0.2) is 77.4 Å². The molecule has 4 aromatic rings. The summed E-state index contributed by atoms with van der Waals surface area (Å²) in [5, 5.41) is 1.53. The maximum absolute atomic E-state index is 13.7. The Balaban J connectivity index is 1.69. The Hall–Kier alpha value is -3.61. The van der Waals surface area contributed by atoms with E-state index < -0.39 is 0 Å². The van der Waals surface area contributed by atoms with Crippen molar-refractivity contribution in [1.82, 2.24) is 0 Å². The number of hydrogen-bond acceptors (Lipinski definition) is 5. The number of rotatable bonds is 5. The highest BCUT2D eigenvalue weighted by Crippen LogP contribution is 2.39. The van der Waals surface area contributed by atoms with Crippen LogP contribution in [0.2, 0.25) is 5.02 Å². The fourth-order valence-electron chi connectivity index (χ4n) is 3.92. The van der Waals surface area contributed by atoms with Gasteiger partial charge < -0.3 is 9.47 Å². The van der Waals surface area contributed by atoms with Gasteiger partial charge in [0.15, 0.2) is 5.84 Å². The third-order valence-corrected chi connectivity index (χ3v) is 7.26. The van der Waals surface area contributed by atoms with Gasteiger partial charge in [0.05, 0.1) is 29.8 Å². The largest absolute Gasteiger partial charge is 0.497 e. The summed E-state index contributed by atoms with van der Waals surface area (Å²) < 4.78 is 11.8. The number of amidine groups is 1. The molecule has 1 aliphatic rings. The lowest BCUT2D eigenvalue weighted by molar-refractivity contribution is -0.113. The number of benzene rings is 3. The quantitative estimate of drug-likeness (QED) is 0.293. The van der Waals surface area contributed by atoms with Gasteiger partial charge in [-0.3, -0.25) is 9.69 Å². The minimum absolute atomic E-state index is 0.230. The van der Waals surface area contributed by atoms with Crippen molar-refractivity contribution in [3.63, 3.8) is 0 Å². The minimum Gasteiger partial charge on any atom is -0.497 e. The van der Waals surface area contributed by atoms with Gasteiger partial charge in [-0.1, -0.05) is 41.9 Å². The smallest absolute Gasteiger partial charge is 0.282 e. The van der Waals surface area contributed by atoms with E-state index in [-0.39, 0.29) is 5.91 Å². The van der Waals surface area contributed by atoms with Gasteiger partial charge in [-0.15, -0.1) is 11.3 Å². The highest BCUT2D eigenvalue weighted by atomic mass is 35.5. The van der Waals surface area contributed by atoms with Crippen LogP contribution in [0.4, 0.5) is 5.69 Å². The second-order valence-corrected chi connectivity index (χ2v) is 9.22. The van der Waals surface area contributed by atoms with Crippen LogP contribution in [-0.4, -0.2) is 26.0 Å². The summed E-state index contributed by atoms with van der Waals surface area (Å²) in [5.74, 6) is 1.54. The lowest BCUT2D eigenvalue weighted by atomic mass is 10.1. The summed E-state index contributed by atoms with van der Waals surface area (Å²) in [6, 6.07) is 21.1. The summed E-state index contributed by atoms with van der Waals surface area (Å²) in [6.07, 6.45) is 1.73. The van der Waals surface area contributed by atoms with Crippen LogP contribution in [0.1, 0.15) is 16.0 Å². The monoisotopic (exact) mass is 488 g/mol. The number of aliphatic imine (C=N–C) groups is 1. The van der Waals surface area contributed by atoms with Crippen LogP contribution in [-0.2, 0) is 4.79 Å². The average Bonchev–Trinajstić information content (AvgIpc) is 3.36. The van der Waals surface area contributed by atoms with Crippen molar-refractivity contribution >= 4 is 56.5 Å². The van der Waals surface area contributed by atoms with Crippen molar-refractivity contribution in [2.24, 2.45) is 4.99 Å². The second kappa shape index (κ2) is 8.97. The molecule has 0 radical (unpaired) electrons. The van der Waals surface area contributed by atoms with Gasteiger partial charge in [0.1, 0.15) is 17.2 Å². The molecule has 0 aliphatic carbocycles. The number of carbonyl (C=O) groups is 1. The van der Waals surface area contributed by atoms with Crippen LogP contribution in [0.5, 0.6) is 11.5 Å². The minimum atomic E-state index is -0.230. The third-order valence-electron chi connectivity index (χ3n) is 5.59. The van der Waals surface area contributed by atoms with E-state index in [1.54, 1.807) is 31.3 Å². The summed E-state index contributed by atoms with van der Waals surface area (Å²) in [4.78, 5) is 20.9. The predicted octanol–water partition coefficient (Wildman–Crippen LogP) is 6.71. The number of hydrogen-bond donors (Lipinski definition) is 0. The van der Waals surface area contributed by atoms with Gasteiger partial charge >= 0.3 is 0 Å². The molecule has 0 saturated heterocycles. The molecule has 3 aromatic carbocycles. The van der Waals surface area contributed by atoms with Crippen molar-refractivity contribution in [2.45, 2.75) is 6.92 Å². The van der Waals surface area contributed by atoms with Crippen molar-refractivity contribution in [1.29, 1.82) is 0 Å². The van der Waals surface area contributed by atoms with Crippen molar-refractivity contribution in [3.05, 3.63) is 93.5 Å². The van der Waals surface area contributed by atoms with E-state index in [1.807, 2.05) is 67.6 Å². The second-order valence-electron chi connectivity index (χ2n) is 7.79. The standard InChI is InChI=1S/C27H21ClN2O3S/c1-16-7-6-8-18(13-16)30-26(25-24(28)20-9-4-5-10-23(20)34-25)29-21(27(30)31)14-17-11-12-19(32-2)15-22(17)33-3/h4-15H,1-3H3/b21-14+. The lowest BCUT2D eigenvalue weighted by Crippen LogP contribution is -2.32. The van der Waals surface area contributed by atoms with Gasteiger partial charge in [-0.25, -0.2) is 4.99 Å². The zero-order valence-electron chi connectivity index (χ0n) is 18.8. The molecular formula is C27H21ClN2O3S. The average molecular weight is 489 g/mol. The molecule has 2 heterocycles. The molecule has 34 heavy (non-hydrogen) atoms. The van der Waals surface area contributed by atoms with Crippen LogP contribution in [0, 0.1) is 6.92 Å². The topological polar surface area (TPSA) is 51.1 Å². The number of thiophene rings is 1. The molecule has 0 atom stereocenters. The number of amides is 1. The molecular weight excluding hydrogens is 468 g/mol. The van der Waals surface area contributed by atoms with Gasteiger partial charge in [-0.2, -0.15) is 0 Å². The molecule has 0 N–H and O–H groups in total. The number of ether oxygens (including phenoxy) is 2. The van der Waals surface area contributed by atoms with E-state index in [4.69, 9.17) is 26.1 Å². The molecule has 0 fully saturated rings. The summed E-state index contributed by atoms with van der Waals surface area (Å²) >= 11 is 8.32. The maximum atomic E-state index is 13.7. The number of carbonyl (C=O) groups excluding carboxylic acids is 1. The Bertz CT molecular complexity index is 1490. The van der Waals surface area contributed by atoms with Crippen molar-refractivity contribution in [3.8, 4) is 11.5 Å². The van der Waals surface area contributed by atoms with Gasteiger partial charge in [-0.05, 0) is 48.9 Å². The Morgan fingerprint density at radius 3 is 2.56 bits per heavy atom. The third kappa shape index (κ3) is 3.85. The molecule has 0 spiro atoms. The molecule has 0 unspecified atom stereocenters. The first-order valence-electron chi connectivity index (χ1n) is 10.6. The highest BCUT2D eigenvalue weighted by Gasteiger charge is 2.35. The highest BCUT2D eigenvalue weighted by molar-refractivity contribution is 7.21. The molecule has 170 valence electrons. The number of nitrogens with zero attached hydrogens (tertiary/aromatic N) is 2. The van der Waals surface area contributed by atoms with E-state index in [1.165, 1.54) is 11.3 Å². The fourth-order valence-corrected chi connectivity index (χ4v) is 5.41. The Kier molecular flexibility index (Phi) is 5.86. The first-order valence-corrected chi connectivity index (χ1v) is 11.8. The zero-order chi connectivity index (χ0) is 23.8. The predicted molar refractivity (Wildman–Crippen MR) is 140 cm³/mol. The first-order chi connectivity index (χ1) is 16.5. The van der Waals surface area contributed by atoms with Gasteiger partial charge in [0.2, 0.25) is 0 Å². The summed E-state index contributed by atoms with van der Waals surface area (Å²) in [7, 11) is 3.18. The number of anilines is 1. The van der Waals surface area contributed by atoms with Crippen LogP contribution in [0.3, 0.4) is 0 Å².